The maximum atomic E-state index is 6.28. The van der Waals surface area contributed by atoms with Crippen molar-refractivity contribution >= 4 is 22.6 Å². The molecule has 0 saturated carbocycles. The summed E-state index contributed by atoms with van der Waals surface area (Å²) in [6.07, 6.45) is 7.30. The van der Waals surface area contributed by atoms with Crippen LogP contribution in [0.5, 0.6) is 0 Å². The molecule has 6 heteroatoms. The Morgan fingerprint density at radius 1 is 1.30 bits per heavy atom. The summed E-state index contributed by atoms with van der Waals surface area (Å²) >= 11 is 6.28. The third-order valence-electron chi connectivity index (χ3n) is 3.33. The zero-order valence-electron chi connectivity index (χ0n) is 11.4. The minimum Gasteiger partial charge on any atom is -0.322 e. The van der Waals surface area contributed by atoms with Crippen LogP contribution in [0.4, 0.5) is 0 Å². The molecule has 0 N–H and O–H groups in total. The fourth-order valence-corrected chi connectivity index (χ4v) is 2.63. The van der Waals surface area contributed by atoms with Crippen molar-refractivity contribution in [3.8, 4) is 0 Å². The molecule has 0 aliphatic rings. The minimum absolute atomic E-state index is 0.150. The number of imidazole rings is 1. The van der Waals surface area contributed by atoms with Gasteiger partial charge in [-0.25, -0.2) is 4.98 Å². The lowest BCUT2D eigenvalue weighted by Gasteiger charge is -2.18. The van der Waals surface area contributed by atoms with E-state index in [-0.39, 0.29) is 11.4 Å². The van der Waals surface area contributed by atoms with Gasteiger partial charge in [-0.15, -0.1) is 11.6 Å². The molecule has 3 aromatic rings. The van der Waals surface area contributed by atoms with Gasteiger partial charge >= 0.3 is 0 Å². The summed E-state index contributed by atoms with van der Waals surface area (Å²) in [6.45, 7) is 4.86. The molecule has 0 amide bonds. The lowest BCUT2D eigenvalue weighted by Crippen LogP contribution is -2.16. The topological polar surface area (TPSA) is 48.5 Å². The van der Waals surface area contributed by atoms with Crippen LogP contribution < -0.4 is 0 Å². The summed E-state index contributed by atoms with van der Waals surface area (Å²) in [6, 6.07) is 4.11. The largest absolute Gasteiger partial charge is 0.322 e. The number of fused-ring (bicyclic) bond motifs is 1. The molecule has 2 atom stereocenters. The SMILES string of the molecule is CC(Cl)c1nc2cnccc2n1C(C)Cn1cccn1. The molecule has 0 bridgehead atoms. The van der Waals surface area contributed by atoms with Gasteiger partial charge < -0.3 is 4.57 Å². The molecular formula is C14H16ClN5. The molecule has 20 heavy (non-hydrogen) atoms. The zero-order chi connectivity index (χ0) is 14.1. The Balaban J connectivity index is 2.06. The number of nitrogens with zero attached hydrogens (tertiary/aromatic N) is 5. The number of rotatable bonds is 4. The van der Waals surface area contributed by atoms with Crippen molar-refractivity contribution in [1.82, 2.24) is 24.3 Å². The second kappa shape index (κ2) is 5.25. The van der Waals surface area contributed by atoms with E-state index in [2.05, 4.69) is 26.6 Å². The Bertz CT molecular complexity index is 702. The van der Waals surface area contributed by atoms with Gasteiger partial charge in [-0.05, 0) is 26.0 Å². The minimum atomic E-state index is -0.150. The second-order valence-corrected chi connectivity index (χ2v) is 5.55. The van der Waals surface area contributed by atoms with Crippen LogP contribution in [0.15, 0.2) is 36.9 Å². The zero-order valence-corrected chi connectivity index (χ0v) is 12.2. The lowest BCUT2D eigenvalue weighted by molar-refractivity contribution is 0.434. The number of alkyl halides is 1. The number of aromatic nitrogens is 5. The summed E-state index contributed by atoms with van der Waals surface area (Å²) in [5.41, 5.74) is 1.93. The van der Waals surface area contributed by atoms with Crippen molar-refractivity contribution in [2.75, 3.05) is 0 Å². The average molecular weight is 290 g/mol. The maximum Gasteiger partial charge on any atom is 0.128 e. The first-order valence-electron chi connectivity index (χ1n) is 6.60. The Labute approximate surface area is 122 Å². The molecule has 5 nitrogen and oxygen atoms in total. The molecule has 3 heterocycles. The molecule has 2 unspecified atom stereocenters. The predicted molar refractivity (Wildman–Crippen MR) is 78.7 cm³/mol. The van der Waals surface area contributed by atoms with Crippen molar-refractivity contribution in [2.45, 2.75) is 31.8 Å². The molecule has 104 valence electrons. The number of hydrogen-bond donors (Lipinski definition) is 0. The van der Waals surface area contributed by atoms with E-state index in [1.165, 1.54) is 0 Å². The fraction of sp³-hybridized carbons (Fsp3) is 0.357. The van der Waals surface area contributed by atoms with Gasteiger partial charge in [0, 0.05) is 18.6 Å². The maximum absolute atomic E-state index is 6.28. The van der Waals surface area contributed by atoms with Crippen LogP contribution in [0.25, 0.3) is 11.0 Å². The van der Waals surface area contributed by atoms with Crippen molar-refractivity contribution in [2.24, 2.45) is 0 Å². The first-order chi connectivity index (χ1) is 9.66. The van der Waals surface area contributed by atoms with E-state index in [1.807, 2.05) is 29.9 Å². The highest BCUT2D eigenvalue weighted by Gasteiger charge is 2.19. The summed E-state index contributed by atoms with van der Waals surface area (Å²) < 4.78 is 4.09. The Morgan fingerprint density at radius 3 is 2.85 bits per heavy atom. The van der Waals surface area contributed by atoms with Gasteiger partial charge in [0.25, 0.3) is 0 Å². The standard InChI is InChI=1S/C14H16ClN5/c1-10(9-19-7-3-5-17-19)20-13-4-6-16-8-12(13)18-14(20)11(2)15/h3-8,10-11H,9H2,1-2H3. The predicted octanol–water partition coefficient (Wildman–Crippen LogP) is 3.19. The Kier molecular flexibility index (Phi) is 3.44. The summed E-state index contributed by atoms with van der Waals surface area (Å²) in [5, 5.41) is 4.11. The molecule has 0 radical (unpaired) electrons. The highest BCUT2D eigenvalue weighted by molar-refractivity contribution is 6.20. The van der Waals surface area contributed by atoms with E-state index in [0.717, 1.165) is 23.4 Å². The van der Waals surface area contributed by atoms with E-state index < -0.39 is 0 Å². The van der Waals surface area contributed by atoms with Gasteiger partial charge in [0.1, 0.15) is 11.3 Å². The van der Waals surface area contributed by atoms with Gasteiger partial charge in [-0.1, -0.05) is 0 Å². The van der Waals surface area contributed by atoms with Gasteiger partial charge in [0.05, 0.1) is 29.7 Å². The first kappa shape index (κ1) is 13.1. The third kappa shape index (κ3) is 2.29. The van der Waals surface area contributed by atoms with Gasteiger partial charge in [-0.2, -0.15) is 5.10 Å². The van der Waals surface area contributed by atoms with Crippen molar-refractivity contribution in [1.29, 1.82) is 0 Å². The van der Waals surface area contributed by atoms with Crippen molar-refractivity contribution < 1.29 is 0 Å². The Hall–Kier alpha value is -1.88. The molecule has 0 aliphatic carbocycles. The fourth-order valence-electron chi connectivity index (χ4n) is 2.47. The van der Waals surface area contributed by atoms with E-state index >= 15 is 0 Å². The first-order valence-corrected chi connectivity index (χ1v) is 7.04. The Morgan fingerprint density at radius 2 is 2.15 bits per heavy atom. The third-order valence-corrected chi connectivity index (χ3v) is 3.52. The normalized spacial score (nSPS) is 14.6. The van der Waals surface area contributed by atoms with Crippen LogP contribution in [-0.4, -0.2) is 24.3 Å². The summed E-state index contributed by atoms with van der Waals surface area (Å²) in [4.78, 5) is 8.73. The summed E-state index contributed by atoms with van der Waals surface area (Å²) in [7, 11) is 0. The van der Waals surface area contributed by atoms with E-state index in [1.54, 1.807) is 18.6 Å². The lowest BCUT2D eigenvalue weighted by atomic mass is 10.3. The summed E-state index contributed by atoms with van der Waals surface area (Å²) in [5.74, 6) is 0.870. The molecule has 0 saturated heterocycles. The monoisotopic (exact) mass is 289 g/mol. The van der Waals surface area contributed by atoms with Crippen LogP contribution >= 0.6 is 11.6 Å². The number of halogens is 1. The van der Waals surface area contributed by atoms with Gasteiger partial charge in [0.2, 0.25) is 0 Å². The smallest absolute Gasteiger partial charge is 0.128 e. The van der Waals surface area contributed by atoms with Crippen LogP contribution in [-0.2, 0) is 6.54 Å². The molecule has 0 fully saturated rings. The molecule has 0 aliphatic heterocycles. The number of pyridine rings is 1. The van der Waals surface area contributed by atoms with E-state index in [9.17, 15) is 0 Å². The second-order valence-electron chi connectivity index (χ2n) is 4.90. The highest BCUT2D eigenvalue weighted by atomic mass is 35.5. The van der Waals surface area contributed by atoms with Crippen LogP contribution in [0, 0.1) is 0 Å². The quantitative estimate of drug-likeness (QED) is 0.693. The van der Waals surface area contributed by atoms with Crippen molar-refractivity contribution in [3.05, 3.63) is 42.7 Å². The van der Waals surface area contributed by atoms with E-state index in [4.69, 9.17) is 11.6 Å². The van der Waals surface area contributed by atoms with Crippen LogP contribution in [0.1, 0.15) is 31.1 Å². The molecule has 0 aromatic carbocycles. The number of hydrogen-bond acceptors (Lipinski definition) is 3. The molecular weight excluding hydrogens is 274 g/mol. The molecule has 3 aromatic heterocycles. The van der Waals surface area contributed by atoms with Gasteiger partial charge in [0.15, 0.2) is 0 Å². The molecule has 3 rings (SSSR count). The van der Waals surface area contributed by atoms with Gasteiger partial charge in [-0.3, -0.25) is 9.67 Å². The highest BCUT2D eigenvalue weighted by Crippen LogP contribution is 2.28. The van der Waals surface area contributed by atoms with Crippen LogP contribution in [0.2, 0.25) is 0 Å². The van der Waals surface area contributed by atoms with Crippen LogP contribution in [0.3, 0.4) is 0 Å². The van der Waals surface area contributed by atoms with Crippen molar-refractivity contribution in [3.63, 3.8) is 0 Å². The van der Waals surface area contributed by atoms with E-state index in [0.29, 0.717) is 0 Å². The molecule has 0 spiro atoms. The average Bonchev–Trinajstić information content (AvgIpc) is 3.04.